The van der Waals surface area contributed by atoms with Gasteiger partial charge in [0.2, 0.25) is 0 Å². The smallest absolute Gasteiger partial charge is 0.328 e. The number of ether oxygens (including phenoxy) is 2. The molecule has 1 amide bonds. The van der Waals surface area contributed by atoms with Gasteiger partial charge in [-0.1, -0.05) is 35.9 Å². The van der Waals surface area contributed by atoms with Crippen LogP contribution >= 0.6 is 0 Å². The molecule has 0 aliphatic carbocycles. The Balaban J connectivity index is 2.84. The standard InChI is InChI=1S/C16H21NO4/c1-11(2)10-13(16(19)21-4)17-15(18)14(20-3)12-8-6-5-7-9-12/h5-9,13-14H,1,10H2,2-4H3,(H,17,18)/t13-,14+/m1/s1. The van der Waals surface area contributed by atoms with Crippen molar-refractivity contribution in [2.75, 3.05) is 14.2 Å². The monoisotopic (exact) mass is 291 g/mol. The zero-order valence-corrected chi connectivity index (χ0v) is 12.6. The Hall–Kier alpha value is -2.14. The van der Waals surface area contributed by atoms with Crippen LogP contribution < -0.4 is 5.32 Å². The summed E-state index contributed by atoms with van der Waals surface area (Å²) in [6.45, 7) is 5.54. The zero-order valence-electron chi connectivity index (χ0n) is 12.6. The van der Waals surface area contributed by atoms with Gasteiger partial charge in [0.05, 0.1) is 7.11 Å². The number of esters is 1. The highest BCUT2D eigenvalue weighted by atomic mass is 16.5. The Kier molecular flexibility index (Phi) is 6.62. The molecule has 1 rings (SSSR count). The maximum Gasteiger partial charge on any atom is 0.328 e. The van der Waals surface area contributed by atoms with E-state index in [2.05, 4.69) is 11.9 Å². The molecule has 0 saturated heterocycles. The van der Waals surface area contributed by atoms with Gasteiger partial charge < -0.3 is 14.8 Å². The number of hydrogen-bond donors (Lipinski definition) is 1. The van der Waals surface area contributed by atoms with E-state index in [4.69, 9.17) is 9.47 Å². The van der Waals surface area contributed by atoms with Crippen molar-refractivity contribution in [3.8, 4) is 0 Å². The summed E-state index contributed by atoms with van der Waals surface area (Å²) in [5, 5.41) is 2.65. The number of hydrogen-bond acceptors (Lipinski definition) is 4. The van der Waals surface area contributed by atoms with E-state index in [1.54, 1.807) is 19.1 Å². The highest BCUT2D eigenvalue weighted by Crippen LogP contribution is 2.17. The van der Waals surface area contributed by atoms with Crippen LogP contribution in [0.1, 0.15) is 25.0 Å². The second-order valence-electron chi connectivity index (χ2n) is 4.77. The Morgan fingerprint density at radius 2 is 1.86 bits per heavy atom. The molecule has 21 heavy (non-hydrogen) atoms. The molecule has 0 fully saturated rings. The molecule has 0 bridgehead atoms. The first-order valence-electron chi connectivity index (χ1n) is 6.60. The number of benzene rings is 1. The Morgan fingerprint density at radius 1 is 1.24 bits per heavy atom. The second-order valence-corrected chi connectivity index (χ2v) is 4.77. The fraction of sp³-hybridized carbons (Fsp3) is 0.375. The number of carbonyl (C=O) groups excluding carboxylic acids is 2. The summed E-state index contributed by atoms with van der Waals surface area (Å²) in [6, 6.07) is 8.31. The molecule has 114 valence electrons. The minimum atomic E-state index is -0.775. The number of nitrogens with one attached hydrogen (secondary N) is 1. The van der Waals surface area contributed by atoms with Gasteiger partial charge in [0, 0.05) is 7.11 Å². The molecule has 0 spiro atoms. The molecule has 1 aromatic rings. The molecular weight excluding hydrogens is 270 g/mol. The second kappa shape index (κ2) is 8.21. The van der Waals surface area contributed by atoms with E-state index < -0.39 is 18.1 Å². The van der Waals surface area contributed by atoms with E-state index in [1.807, 2.05) is 18.2 Å². The van der Waals surface area contributed by atoms with Gasteiger partial charge in [-0.3, -0.25) is 4.79 Å². The van der Waals surface area contributed by atoms with Gasteiger partial charge in [-0.05, 0) is 18.9 Å². The summed E-state index contributed by atoms with van der Waals surface area (Å²) >= 11 is 0. The van der Waals surface area contributed by atoms with Gasteiger partial charge in [0.1, 0.15) is 6.04 Å². The third kappa shape index (κ3) is 5.04. The van der Waals surface area contributed by atoms with Crippen LogP contribution in [0.2, 0.25) is 0 Å². The van der Waals surface area contributed by atoms with Crippen molar-refractivity contribution in [2.24, 2.45) is 0 Å². The van der Waals surface area contributed by atoms with Gasteiger partial charge in [-0.2, -0.15) is 0 Å². The Morgan fingerprint density at radius 3 is 2.33 bits per heavy atom. The van der Waals surface area contributed by atoms with Crippen molar-refractivity contribution in [2.45, 2.75) is 25.5 Å². The van der Waals surface area contributed by atoms with Crippen LogP contribution in [0.15, 0.2) is 42.5 Å². The molecule has 2 atom stereocenters. The van der Waals surface area contributed by atoms with Crippen LogP contribution in [0.5, 0.6) is 0 Å². The third-order valence-electron chi connectivity index (χ3n) is 2.93. The van der Waals surface area contributed by atoms with Crippen LogP contribution in [-0.2, 0) is 19.1 Å². The van der Waals surface area contributed by atoms with Gasteiger partial charge in [-0.25, -0.2) is 4.79 Å². The lowest BCUT2D eigenvalue weighted by molar-refractivity contribution is -0.146. The topological polar surface area (TPSA) is 64.6 Å². The maximum atomic E-state index is 12.3. The summed E-state index contributed by atoms with van der Waals surface area (Å²) in [4.78, 5) is 24.0. The molecule has 1 N–H and O–H groups in total. The van der Waals surface area contributed by atoms with Crippen LogP contribution in [0, 0.1) is 0 Å². The van der Waals surface area contributed by atoms with E-state index >= 15 is 0 Å². The van der Waals surface area contributed by atoms with Crippen LogP contribution in [0.3, 0.4) is 0 Å². The fourth-order valence-corrected chi connectivity index (χ4v) is 1.95. The largest absolute Gasteiger partial charge is 0.467 e. The summed E-state index contributed by atoms with van der Waals surface area (Å²) in [5.74, 6) is -0.894. The van der Waals surface area contributed by atoms with E-state index in [9.17, 15) is 9.59 Å². The SMILES string of the molecule is C=C(C)C[C@@H](NC(=O)[C@@H](OC)c1ccccc1)C(=O)OC. The maximum absolute atomic E-state index is 12.3. The van der Waals surface area contributed by atoms with Crippen LogP contribution in [0.25, 0.3) is 0 Å². The quantitative estimate of drug-likeness (QED) is 0.616. The lowest BCUT2D eigenvalue weighted by Gasteiger charge is -2.20. The van der Waals surface area contributed by atoms with E-state index in [1.165, 1.54) is 14.2 Å². The average molecular weight is 291 g/mol. The molecule has 0 aliphatic heterocycles. The molecule has 0 heterocycles. The highest BCUT2D eigenvalue weighted by Gasteiger charge is 2.27. The van der Waals surface area contributed by atoms with E-state index in [-0.39, 0.29) is 5.91 Å². The predicted octanol–water partition coefficient (Wildman–Crippen LogP) is 2.00. The lowest BCUT2D eigenvalue weighted by Crippen LogP contribution is -2.44. The van der Waals surface area contributed by atoms with Crippen molar-refractivity contribution in [1.82, 2.24) is 5.32 Å². The van der Waals surface area contributed by atoms with Gasteiger partial charge in [0.15, 0.2) is 6.10 Å². The van der Waals surface area contributed by atoms with Crippen molar-refractivity contribution in [3.63, 3.8) is 0 Å². The van der Waals surface area contributed by atoms with Gasteiger partial charge >= 0.3 is 5.97 Å². The van der Waals surface area contributed by atoms with Crippen molar-refractivity contribution < 1.29 is 19.1 Å². The Bertz CT molecular complexity index is 498. The minimum absolute atomic E-state index is 0.323. The Labute approximate surface area is 124 Å². The first kappa shape index (κ1) is 16.9. The highest BCUT2D eigenvalue weighted by molar-refractivity contribution is 5.87. The molecular formula is C16H21NO4. The summed E-state index contributed by atoms with van der Waals surface area (Å²) in [6.07, 6.45) is -0.452. The van der Waals surface area contributed by atoms with Crippen LogP contribution in [0.4, 0.5) is 0 Å². The molecule has 0 radical (unpaired) electrons. The van der Waals surface area contributed by atoms with Gasteiger partial charge in [-0.15, -0.1) is 6.58 Å². The van der Waals surface area contributed by atoms with Gasteiger partial charge in [0.25, 0.3) is 5.91 Å². The number of amides is 1. The normalized spacial score (nSPS) is 13.1. The molecule has 0 saturated carbocycles. The minimum Gasteiger partial charge on any atom is -0.467 e. The van der Waals surface area contributed by atoms with Crippen molar-refractivity contribution >= 4 is 11.9 Å². The van der Waals surface area contributed by atoms with E-state index in [0.29, 0.717) is 6.42 Å². The summed E-state index contributed by atoms with van der Waals surface area (Å²) < 4.78 is 9.93. The van der Waals surface area contributed by atoms with E-state index in [0.717, 1.165) is 11.1 Å². The zero-order chi connectivity index (χ0) is 15.8. The third-order valence-corrected chi connectivity index (χ3v) is 2.93. The predicted molar refractivity (Wildman–Crippen MR) is 79.6 cm³/mol. The fourth-order valence-electron chi connectivity index (χ4n) is 1.95. The summed E-state index contributed by atoms with van der Waals surface area (Å²) in [7, 11) is 2.73. The molecule has 1 aromatic carbocycles. The first-order valence-corrected chi connectivity index (χ1v) is 6.60. The molecule has 0 aliphatic rings. The molecule has 5 heteroatoms. The summed E-state index contributed by atoms with van der Waals surface area (Å²) in [5.41, 5.74) is 1.50. The number of methoxy groups -OCH3 is 2. The molecule has 0 aromatic heterocycles. The van der Waals surface area contributed by atoms with Crippen molar-refractivity contribution in [3.05, 3.63) is 48.0 Å². The van der Waals surface area contributed by atoms with Crippen molar-refractivity contribution in [1.29, 1.82) is 0 Å². The number of carbonyl (C=O) groups is 2. The molecule has 0 unspecified atom stereocenters. The lowest BCUT2D eigenvalue weighted by atomic mass is 10.1. The number of rotatable bonds is 7. The average Bonchev–Trinajstić information content (AvgIpc) is 2.47. The van der Waals surface area contributed by atoms with Crippen LogP contribution in [-0.4, -0.2) is 32.1 Å². The molecule has 5 nitrogen and oxygen atoms in total. The first-order chi connectivity index (χ1) is 9.99.